The Morgan fingerprint density at radius 2 is 1.93 bits per heavy atom. The fraction of sp³-hybridized carbons (Fsp3) is 0.290. The Morgan fingerprint density at radius 1 is 1.20 bits per heavy atom. The maximum absolute atomic E-state index is 15.3. The first-order valence-corrected chi connectivity index (χ1v) is 14.3. The lowest BCUT2D eigenvalue weighted by molar-refractivity contribution is -0.129. The predicted octanol–water partition coefficient (Wildman–Crippen LogP) is 5.77. The molecule has 2 N–H and O–H groups in total. The third-order valence-corrected chi connectivity index (χ3v) is 8.63. The molecule has 2 unspecified atom stereocenters. The van der Waals surface area contributed by atoms with Gasteiger partial charge in [0, 0.05) is 37.4 Å². The summed E-state index contributed by atoms with van der Waals surface area (Å²) in [4.78, 5) is 26.6. The van der Waals surface area contributed by atoms with Crippen LogP contribution in [0.5, 0.6) is 0 Å². The van der Waals surface area contributed by atoms with Gasteiger partial charge in [0.25, 0.3) is 0 Å². The van der Waals surface area contributed by atoms with Gasteiger partial charge in [-0.25, -0.2) is 22.5 Å². The molecule has 2 aromatic heterocycles. The van der Waals surface area contributed by atoms with Gasteiger partial charge in [-0.15, -0.1) is 0 Å². The number of benzene rings is 1. The van der Waals surface area contributed by atoms with E-state index in [4.69, 9.17) is 22.1 Å². The van der Waals surface area contributed by atoms with Crippen molar-refractivity contribution in [3.05, 3.63) is 81.7 Å². The molecule has 6 rings (SSSR count). The SMILES string of the molecule is C=CC(=O)N1CCN(C2=C(C#N)C3OC(C)c4nccc(C)c4N3c3nc(-c4c(F)c(N)c(F)c(F)c4F)c(Cl)cc32)C[C@H]1C. The molecule has 3 atom stereocenters. The summed E-state index contributed by atoms with van der Waals surface area (Å²) in [6.07, 6.45) is 1.21. The molecule has 14 heteroatoms. The molecular weight excluding hydrogens is 614 g/mol. The minimum Gasteiger partial charge on any atom is -0.394 e. The lowest BCUT2D eigenvalue weighted by atomic mass is 9.93. The number of fused-ring (bicyclic) bond motifs is 5. The lowest BCUT2D eigenvalue weighted by Crippen LogP contribution is -2.54. The van der Waals surface area contributed by atoms with Crippen LogP contribution in [0.1, 0.15) is 36.8 Å². The molecule has 45 heavy (non-hydrogen) atoms. The summed E-state index contributed by atoms with van der Waals surface area (Å²) in [6, 6.07) is 5.12. The Kier molecular flexibility index (Phi) is 7.45. The number of anilines is 3. The van der Waals surface area contributed by atoms with E-state index in [9.17, 15) is 18.8 Å². The number of aryl methyl sites for hydroxylation is 1. The van der Waals surface area contributed by atoms with Gasteiger partial charge < -0.3 is 20.3 Å². The van der Waals surface area contributed by atoms with Gasteiger partial charge in [-0.05, 0) is 44.5 Å². The Hall–Kier alpha value is -4.67. The van der Waals surface area contributed by atoms with Crippen molar-refractivity contribution < 1.29 is 27.1 Å². The van der Waals surface area contributed by atoms with Gasteiger partial charge in [-0.1, -0.05) is 18.2 Å². The Balaban J connectivity index is 1.63. The average Bonchev–Trinajstić information content (AvgIpc) is 3.02. The third-order valence-electron chi connectivity index (χ3n) is 8.35. The number of pyridine rings is 2. The second-order valence-corrected chi connectivity index (χ2v) is 11.4. The highest BCUT2D eigenvalue weighted by atomic mass is 35.5. The maximum atomic E-state index is 15.3. The zero-order valence-corrected chi connectivity index (χ0v) is 25.1. The highest BCUT2D eigenvalue weighted by Crippen LogP contribution is 2.51. The van der Waals surface area contributed by atoms with Crippen LogP contribution < -0.4 is 10.6 Å². The number of aromatic nitrogens is 2. The zero-order chi connectivity index (χ0) is 32.5. The van der Waals surface area contributed by atoms with Crippen molar-refractivity contribution in [1.29, 1.82) is 5.26 Å². The average molecular weight is 640 g/mol. The van der Waals surface area contributed by atoms with Crippen LogP contribution in [0.2, 0.25) is 5.02 Å². The number of ether oxygens (including phenoxy) is 1. The molecule has 0 spiro atoms. The number of halogens is 5. The molecule has 232 valence electrons. The van der Waals surface area contributed by atoms with Crippen molar-refractivity contribution >= 4 is 40.4 Å². The highest BCUT2D eigenvalue weighted by Gasteiger charge is 2.46. The molecule has 1 saturated heterocycles. The smallest absolute Gasteiger partial charge is 0.246 e. The van der Waals surface area contributed by atoms with E-state index < -0.39 is 52.5 Å². The number of hydrogen-bond acceptors (Lipinski definition) is 8. The molecular formula is C31H26ClF4N7O2. The van der Waals surface area contributed by atoms with E-state index in [1.165, 1.54) is 12.1 Å². The van der Waals surface area contributed by atoms with Crippen molar-refractivity contribution in [3.63, 3.8) is 0 Å². The normalized spacial score (nSPS) is 20.8. The Labute approximate surface area is 260 Å². The van der Waals surface area contributed by atoms with Crippen LogP contribution in [0, 0.1) is 41.5 Å². The summed E-state index contributed by atoms with van der Waals surface area (Å²) in [6.45, 7) is 9.96. The molecule has 0 bridgehead atoms. The van der Waals surface area contributed by atoms with Crippen molar-refractivity contribution in [2.45, 2.75) is 39.1 Å². The number of piperazine rings is 1. The van der Waals surface area contributed by atoms with Gasteiger partial charge in [0.1, 0.15) is 29.3 Å². The number of rotatable bonds is 3. The van der Waals surface area contributed by atoms with Crippen LogP contribution in [0.15, 0.2) is 36.6 Å². The predicted molar refractivity (Wildman–Crippen MR) is 159 cm³/mol. The van der Waals surface area contributed by atoms with Crippen LogP contribution in [-0.2, 0) is 9.53 Å². The number of nitrogen functional groups attached to an aromatic ring is 1. The fourth-order valence-electron chi connectivity index (χ4n) is 6.22. The molecule has 1 fully saturated rings. The summed E-state index contributed by atoms with van der Waals surface area (Å²) in [5.74, 6) is -7.43. The molecule has 0 aliphatic carbocycles. The van der Waals surface area contributed by atoms with Crippen molar-refractivity contribution in [3.8, 4) is 17.3 Å². The highest BCUT2D eigenvalue weighted by molar-refractivity contribution is 6.33. The summed E-state index contributed by atoms with van der Waals surface area (Å²) in [7, 11) is 0. The number of carbonyl (C=O) groups excluding carboxylic acids is 1. The molecule has 3 aromatic rings. The quantitative estimate of drug-likeness (QED) is 0.127. The minimum absolute atomic E-state index is 0.0806. The largest absolute Gasteiger partial charge is 0.394 e. The van der Waals surface area contributed by atoms with Gasteiger partial charge >= 0.3 is 0 Å². The summed E-state index contributed by atoms with van der Waals surface area (Å²) >= 11 is 6.62. The molecule has 3 aliphatic heterocycles. The second-order valence-electron chi connectivity index (χ2n) is 11.0. The maximum Gasteiger partial charge on any atom is 0.246 e. The zero-order valence-electron chi connectivity index (χ0n) is 24.3. The number of nitrogens with zero attached hydrogens (tertiary/aromatic N) is 6. The van der Waals surface area contributed by atoms with Crippen molar-refractivity contribution in [1.82, 2.24) is 19.8 Å². The van der Waals surface area contributed by atoms with Crippen LogP contribution in [0.3, 0.4) is 0 Å². The summed E-state index contributed by atoms with van der Waals surface area (Å²) in [5, 5.41) is 10.3. The minimum atomic E-state index is -1.98. The monoisotopic (exact) mass is 639 g/mol. The first-order chi connectivity index (χ1) is 21.4. The standard InChI is InChI=1S/C31H26ClF4N7O2/c1-5-19(44)42-9-8-41(12-14(42)3)29-16-10-18(32)27(20-21(33)23(35)24(36)25(38)22(20)34)40-30(16)43-28-13(2)6-7-39-26(28)15(4)45-31(43)17(29)11-37/h5-7,10,14-15,31H,1,8-9,12,38H2,2-4H3/t14-,15?,31?/m1/s1. The molecule has 9 nitrogen and oxygen atoms in total. The molecule has 0 radical (unpaired) electrons. The molecule has 3 aliphatic rings. The van der Waals surface area contributed by atoms with Crippen molar-refractivity contribution in [2.24, 2.45) is 0 Å². The molecule has 5 heterocycles. The van der Waals surface area contributed by atoms with E-state index in [1.807, 2.05) is 18.7 Å². The molecule has 0 saturated carbocycles. The fourth-order valence-corrected chi connectivity index (χ4v) is 6.47. The Bertz CT molecular complexity index is 1850. The van der Waals surface area contributed by atoms with Gasteiger partial charge in [0.05, 0.1) is 33.4 Å². The van der Waals surface area contributed by atoms with E-state index in [-0.39, 0.29) is 28.4 Å². The lowest BCUT2D eigenvalue weighted by Gasteiger charge is -2.48. The van der Waals surface area contributed by atoms with Gasteiger partial charge in [-0.3, -0.25) is 14.7 Å². The van der Waals surface area contributed by atoms with E-state index in [2.05, 4.69) is 22.6 Å². The van der Waals surface area contributed by atoms with Crippen molar-refractivity contribution in [2.75, 3.05) is 30.3 Å². The van der Waals surface area contributed by atoms with E-state index in [0.29, 0.717) is 42.3 Å². The summed E-state index contributed by atoms with van der Waals surface area (Å²) < 4.78 is 65.5. The van der Waals surface area contributed by atoms with Crippen LogP contribution >= 0.6 is 11.6 Å². The van der Waals surface area contributed by atoms with E-state index in [0.717, 1.165) is 5.56 Å². The topological polar surface area (TPSA) is 112 Å². The second kappa shape index (κ2) is 11.0. The first-order valence-electron chi connectivity index (χ1n) is 14.0. The number of amides is 1. The number of carbonyl (C=O) groups is 1. The Morgan fingerprint density at radius 3 is 2.60 bits per heavy atom. The first kappa shape index (κ1) is 30.4. The number of nitrogens with two attached hydrogens (primary N) is 1. The molecule has 1 amide bonds. The van der Waals surface area contributed by atoms with E-state index >= 15 is 8.78 Å². The number of nitriles is 1. The van der Waals surface area contributed by atoms with Crippen LogP contribution in [0.4, 0.5) is 34.8 Å². The molecule has 1 aromatic carbocycles. The third kappa shape index (κ3) is 4.50. The van der Waals surface area contributed by atoms with Crippen LogP contribution in [0.25, 0.3) is 17.0 Å². The summed E-state index contributed by atoms with van der Waals surface area (Å²) in [5.41, 5.74) is 5.36. The van der Waals surface area contributed by atoms with Crippen LogP contribution in [-0.4, -0.2) is 57.6 Å². The van der Waals surface area contributed by atoms with E-state index in [1.54, 1.807) is 29.0 Å². The van der Waals surface area contributed by atoms with Gasteiger partial charge in [-0.2, -0.15) is 5.26 Å². The van der Waals surface area contributed by atoms with Gasteiger partial charge in [0.15, 0.2) is 29.5 Å². The van der Waals surface area contributed by atoms with Gasteiger partial charge in [0.2, 0.25) is 5.91 Å². The number of hydrogen-bond donors (Lipinski definition) is 1.